The van der Waals surface area contributed by atoms with Crippen molar-refractivity contribution < 1.29 is 8.78 Å². The Hall–Kier alpha value is -0.920. The third-order valence-corrected chi connectivity index (χ3v) is 1.27. The quantitative estimate of drug-likeness (QED) is 0.563. The van der Waals surface area contributed by atoms with Crippen LogP contribution in [-0.4, -0.2) is 0 Å². The molecular weight excluding hydrogens is 134 g/mol. The average Bonchev–Trinajstić information content (AvgIpc) is 1.85. The van der Waals surface area contributed by atoms with E-state index in [1.165, 1.54) is 12.1 Å². The predicted octanol–water partition coefficient (Wildman–Crippen LogP) is 2.33. The van der Waals surface area contributed by atoms with Gasteiger partial charge < -0.3 is 0 Å². The molecule has 0 aliphatic carbocycles. The van der Waals surface area contributed by atoms with Crippen molar-refractivity contribution in [1.82, 2.24) is 0 Å². The van der Waals surface area contributed by atoms with Crippen LogP contribution in [0.2, 0.25) is 0 Å². The van der Waals surface area contributed by atoms with Gasteiger partial charge in [0.15, 0.2) is 0 Å². The lowest BCUT2D eigenvalue weighted by atomic mass is 10.2. The van der Waals surface area contributed by atoms with E-state index < -0.39 is 11.6 Å². The highest BCUT2D eigenvalue weighted by Crippen LogP contribution is 2.06. The van der Waals surface area contributed by atoms with Gasteiger partial charge in [0.05, 0.1) is 6.07 Å². The summed E-state index contributed by atoms with van der Waals surface area (Å²) in [5.41, 5.74) is 0.661. The molecule has 0 nitrogen and oxygen atoms in total. The van der Waals surface area contributed by atoms with Gasteiger partial charge >= 0.3 is 0 Å². The summed E-state index contributed by atoms with van der Waals surface area (Å²) in [6, 6.07) is 4.47. The molecule has 2 heteroatoms. The highest BCUT2D eigenvalue weighted by atomic mass is 19.1. The molecule has 0 aliphatic heterocycles. The highest BCUT2D eigenvalue weighted by molar-refractivity contribution is 5.16. The molecule has 0 amide bonds. The third kappa shape index (κ3) is 1.53. The Morgan fingerprint density at radius 1 is 1.30 bits per heavy atom. The smallest absolute Gasteiger partial charge is 0.134 e. The summed E-state index contributed by atoms with van der Waals surface area (Å²) in [6.45, 7) is 1.84. The second kappa shape index (κ2) is 2.78. The Balaban J connectivity index is 3.06. The van der Waals surface area contributed by atoms with Crippen LogP contribution in [0.5, 0.6) is 0 Å². The molecule has 0 fully saturated rings. The van der Waals surface area contributed by atoms with Gasteiger partial charge in [-0.15, -0.1) is 0 Å². The van der Waals surface area contributed by atoms with E-state index in [0.717, 1.165) is 0 Å². The van der Waals surface area contributed by atoms with Gasteiger partial charge in [0.1, 0.15) is 11.6 Å². The molecule has 1 rings (SSSR count). The summed E-state index contributed by atoms with van der Waals surface area (Å²) in [4.78, 5) is 0. The van der Waals surface area contributed by atoms with Crippen molar-refractivity contribution in [3.8, 4) is 0 Å². The molecule has 0 unspecified atom stereocenters. The fourth-order valence-corrected chi connectivity index (χ4v) is 0.758. The van der Waals surface area contributed by atoms with Crippen LogP contribution < -0.4 is 0 Å². The summed E-state index contributed by atoms with van der Waals surface area (Å²) in [7, 11) is 0. The zero-order valence-corrected chi connectivity index (χ0v) is 5.62. The van der Waals surface area contributed by atoms with E-state index in [2.05, 4.69) is 0 Å². The first-order chi connectivity index (χ1) is 4.72. The molecule has 0 bridgehead atoms. The fraction of sp³-hybridized carbons (Fsp3) is 0.250. The molecule has 0 aromatic heterocycles. The summed E-state index contributed by atoms with van der Waals surface area (Å²) in [5, 5.41) is 0. The largest absolute Gasteiger partial charge is 0.206 e. The van der Waals surface area contributed by atoms with Gasteiger partial charge in [-0.05, 0) is 24.1 Å². The van der Waals surface area contributed by atoms with Crippen molar-refractivity contribution in [2.24, 2.45) is 0 Å². The van der Waals surface area contributed by atoms with E-state index in [0.29, 0.717) is 12.0 Å². The maximum Gasteiger partial charge on any atom is 0.134 e. The molecule has 0 saturated heterocycles. The van der Waals surface area contributed by atoms with Crippen molar-refractivity contribution >= 4 is 0 Å². The Morgan fingerprint density at radius 3 is 2.20 bits per heavy atom. The fourth-order valence-electron chi connectivity index (χ4n) is 0.758. The summed E-state index contributed by atoms with van der Waals surface area (Å²) >= 11 is 0. The monoisotopic (exact) mass is 141 g/mol. The van der Waals surface area contributed by atoms with Gasteiger partial charge in [0, 0.05) is 0 Å². The van der Waals surface area contributed by atoms with Crippen LogP contribution in [0.1, 0.15) is 12.5 Å². The minimum Gasteiger partial charge on any atom is -0.206 e. The molecule has 0 aliphatic rings. The van der Waals surface area contributed by atoms with Gasteiger partial charge in [-0.1, -0.05) is 6.92 Å². The van der Waals surface area contributed by atoms with Crippen LogP contribution >= 0.6 is 0 Å². The van der Waals surface area contributed by atoms with E-state index in [4.69, 9.17) is 0 Å². The first kappa shape index (κ1) is 7.19. The lowest BCUT2D eigenvalue weighted by Gasteiger charge is -1.94. The van der Waals surface area contributed by atoms with Crippen LogP contribution in [-0.2, 0) is 6.42 Å². The zero-order valence-electron chi connectivity index (χ0n) is 5.62. The van der Waals surface area contributed by atoms with Crippen LogP contribution in [0, 0.1) is 17.7 Å². The molecule has 1 radical (unpaired) electrons. The minimum atomic E-state index is -0.628. The average molecular weight is 141 g/mol. The lowest BCUT2D eigenvalue weighted by Crippen LogP contribution is -1.85. The number of hydrogen-bond acceptors (Lipinski definition) is 0. The van der Waals surface area contributed by atoms with Crippen molar-refractivity contribution in [1.29, 1.82) is 0 Å². The summed E-state index contributed by atoms with van der Waals surface area (Å²) in [5.74, 6) is -1.26. The maximum absolute atomic E-state index is 12.3. The zero-order chi connectivity index (χ0) is 7.56. The number of aryl methyl sites for hydroxylation is 1. The number of rotatable bonds is 1. The molecular formula is C8H7F2. The molecule has 0 N–H and O–H groups in total. The molecule has 0 saturated carbocycles. The van der Waals surface area contributed by atoms with E-state index in [1.807, 2.05) is 13.0 Å². The molecule has 10 heavy (non-hydrogen) atoms. The van der Waals surface area contributed by atoms with Crippen LogP contribution in [0.4, 0.5) is 8.78 Å². The normalized spacial score (nSPS) is 9.90. The van der Waals surface area contributed by atoms with Crippen molar-refractivity contribution in [2.45, 2.75) is 13.3 Å². The van der Waals surface area contributed by atoms with E-state index in [9.17, 15) is 8.78 Å². The van der Waals surface area contributed by atoms with Gasteiger partial charge in [-0.3, -0.25) is 0 Å². The minimum absolute atomic E-state index is 0.628. The van der Waals surface area contributed by atoms with Crippen LogP contribution in [0.3, 0.4) is 0 Å². The van der Waals surface area contributed by atoms with E-state index in [1.54, 1.807) is 0 Å². The first-order valence-electron chi connectivity index (χ1n) is 3.09. The number of benzene rings is 1. The van der Waals surface area contributed by atoms with Gasteiger partial charge in [-0.25, -0.2) is 8.78 Å². The SMILES string of the molecule is CCc1cc(F)[c]c(F)c1. The van der Waals surface area contributed by atoms with Crippen molar-refractivity contribution in [2.75, 3.05) is 0 Å². The standard InChI is InChI=1S/C8H7F2/c1-2-6-3-7(9)5-8(10)4-6/h3-4H,2H2,1H3. The van der Waals surface area contributed by atoms with Crippen molar-refractivity contribution in [3.05, 3.63) is 35.4 Å². The molecule has 0 heterocycles. The Kier molecular flexibility index (Phi) is 2.00. The Bertz CT molecular complexity index is 210. The lowest BCUT2D eigenvalue weighted by molar-refractivity contribution is 0.576. The van der Waals surface area contributed by atoms with E-state index >= 15 is 0 Å². The molecule has 1 aromatic rings. The van der Waals surface area contributed by atoms with Gasteiger partial charge in [0.2, 0.25) is 0 Å². The first-order valence-corrected chi connectivity index (χ1v) is 3.09. The van der Waals surface area contributed by atoms with Gasteiger partial charge in [-0.2, -0.15) is 0 Å². The summed E-state index contributed by atoms with van der Waals surface area (Å²) in [6.07, 6.45) is 0.641. The molecule has 0 atom stereocenters. The predicted molar refractivity (Wildman–Crippen MR) is 34.6 cm³/mol. The Morgan fingerprint density at radius 2 is 1.80 bits per heavy atom. The second-order valence-corrected chi connectivity index (χ2v) is 2.04. The summed E-state index contributed by atoms with van der Waals surface area (Å²) < 4.78 is 24.6. The van der Waals surface area contributed by atoms with Crippen LogP contribution in [0.25, 0.3) is 0 Å². The molecule has 1 aromatic carbocycles. The number of halogens is 2. The maximum atomic E-state index is 12.3. The van der Waals surface area contributed by atoms with Crippen LogP contribution in [0.15, 0.2) is 12.1 Å². The van der Waals surface area contributed by atoms with Crippen molar-refractivity contribution in [3.63, 3.8) is 0 Å². The highest BCUT2D eigenvalue weighted by Gasteiger charge is 1.97. The Labute approximate surface area is 58.5 Å². The van der Waals surface area contributed by atoms with E-state index in [-0.39, 0.29) is 0 Å². The number of hydrogen-bond donors (Lipinski definition) is 0. The molecule has 0 spiro atoms. The third-order valence-electron chi connectivity index (χ3n) is 1.27. The topological polar surface area (TPSA) is 0 Å². The second-order valence-electron chi connectivity index (χ2n) is 2.04. The molecule has 53 valence electrons. The van der Waals surface area contributed by atoms with Gasteiger partial charge in [0.25, 0.3) is 0 Å².